The summed E-state index contributed by atoms with van der Waals surface area (Å²) in [6.07, 6.45) is 11.1. The number of terminal acetylenes is 1. The van der Waals surface area contributed by atoms with E-state index in [9.17, 15) is 9.18 Å². The van der Waals surface area contributed by atoms with Crippen molar-refractivity contribution in [1.82, 2.24) is 20.2 Å². The summed E-state index contributed by atoms with van der Waals surface area (Å²) >= 11 is 7.99. The van der Waals surface area contributed by atoms with Crippen LogP contribution in [-0.4, -0.2) is 50.7 Å². The zero-order valence-electron chi connectivity index (χ0n) is 17.5. The number of aromatic amines is 1. The lowest BCUT2D eigenvalue weighted by molar-refractivity contribution is -0.132. The van der Waals surface area contributed by atoms with Gasteiger partial charge in [0.2, 0.25) is 5.91 Å². The number of fused-ring (bicyclic) bond motifs is 1. The molecule has 0 aliphatic carbocycles. The second-order valence-corrected chi connectivity index (χ2v) is 8.77. The number of likely N-dealkylation sites (tertiary alicyclic amines) is 1. The molecule has 0 aromatic carbocycles. The molecule has 1 fully saturated rings. The zero-order chi connectivity index (χ0) is 23.1. The molecule has 1 aliphatic rings. The molecule has 3 heterocycles. The number of piperidine rings is 1. The third kappa shape index (κ3) is 6.13. The predicted molar refractivity (Wildman–Crippen MR) is 134 cm³/mol. The number of nitrogens with zero attached hydrogens (tertiary/aromatic N) is 3. The van der Waals surface area contributed by atoms with Gasteiger partial charge in [-0.1, -0.05) is 34.2 Å². The SMILES string of the molecule is C#CCCC(=O)N1CCC[C@@H](CNC(/N=C(\N)c2c[nH]c3ncc(Cl)cc23)=C(\F)CI)C1. The van der Waals surface area contributed by atoms with Gasteiger partial charge in [0.15, 0.2) is 11.6 Å². The van der Waals surface area contributed by atoms with Crippen LogP contribution < -0.4 is 11.1 Å². The first-order valence-electron chi connectivity index (χ1n) is 10.3. The standard InChI is InChI=1S/C22H25ClFIN6O/c1-2-3-6-19(32)31-7-4-5-14(13-31)10-27-22(18(24)9-25)30-20(26)17-12-29-21-16(17)8-15(23)11-28-21/h1,8,11-12,14,27H,3-7,9-10,13H2,(H2,26,30)(H,28,29)/b22-18+/t14-/m0/s1. The molecule has 1 aliphatic heterocycles. The average Bonchev–Trinajstić information content (AvgIpc) is 3.22. The second-order valence-electron chi connectivity index (χ2n) is 7.57. The molecule has 0 bridgehead atoms. The fourth-order valence-corrected chi connectivity index (χ4v) is 4.19. The molecular weight excluding hydrogens is 546 g/mol. The molecule has 3 rings (SSSR count). The first-order valence-corrected chi connectivity index (χ1v) is 12.2. The molecule has 4 N–H and O–H groups in total. The largest absolute Gasteiger partial charge is 0.383 e. The Hall–Kier alpha value is -2.32. The van der Waals surface area contributed by atoms with Gasteiger partial charge >= 0.3 is 0 Å². The van der Waals surface area contributed by atoms with Crippen LogP contribution >= 0.6 is 34.2 Å². The van der Waals surface area contributed by atoms with Crippen molar-refractivity contribution in [2.45, 2.75) is 25.7 Å². The average molecular weight is 571 g/mol. The number of rotatable bonds is 8. The maximum absolute atomic E-state index is 14.6. The quantitative estimate of drug-likeness (QED) is 0.148. The number of hydrogen-bond donors (Lipinski definition) is 3. The molecule has 2 aromatic rings. The maximum Gasteiger partial charge on any atom is 0.223 e. The van der Waals surface area contributed by atoms with Crippen molar-refractivity contribution in [3.8, 4) is 12.3 Å². The van der Waals surface area contributed by atoms with E-state index in [4.69, 9.17) is 23.8 Å². The highest BCUT2D eigenvalue weighted by Gasteiger charge is 2.23. The predicted octanol–water partition coefficient (Wildman–Crippen LogP) is 3.74. The molecule has 170 valence electrons. The van der Waals surface area contributed by atoms with E-state index < -0.39 is 5.83 Å². The Balaban J connectivity index is 1.71. The van der Waals surface area contributed by atoms with E-state index >= 15 is 0 Å². The van der Waals surface area contributed by atoms with Crippen LogP contribution in [0.5, 0.6) is 0 Å². The van der Waals surface area contributed by atoms with Crippen molar-refractivity contribution >= 4 is 57.0 Å². The number of halogens is 3. The summed E-state index contributed by atoms with van der Waals surface area (Å²) in [5, 5.41) is 4.28. The number of nitrogens with two attached hydrogens (primary N) is 1. The highest BCUT2D eigenvalue weighted by molar-refractivity contribution is 14.1. The van der Waals surface area contributed by atoms with E-state index in [1.165, 1.54) is 6.20 Å². The van der Waals surface area contributed by atoms with Gasteiger partial charge in [0, 0.05) is 55.8 Å². The normalized spacial score (nSPS) is 17.8. The van der Waals surface area contributed by atoms with Crippen LogP contribution in [0, 0.1) is 18.3 Å². The number of H-pyrrole nitrogens is 1. The van der Waals surface area contributed by atoms with Crippen molar-refractivity contribution in [2.24, 2.45) is 16.6 Å². The number of pyridine rings is 1. The van der Waals surface area contributed by atoms with Crippen LogP contribution in [-0.2, 0) is 4.79 Å². The molecule has 0 radical (unpaired) electrons. The molecule has 7 nitrogen and oxygen atoms in total. The summed E-state index contributed by atoms with van der Waals surface area (Å²) in [6, 6.07) is 1.73. The summed E-state index contributed by atoms with van der Waals surface area (Å²) in [6.45, 7) is 1.82. The van der Waals surface area contributed by atoms with Gasteiger partial charge in [0.1, 0.15) is 11.5 Å². The van der Waals surface area contributed by atoms with Crippen LogP contribution in [0.4, 0.5) is 4.39 Å². The van der Waals surface area contributed by atoms with Crippen molar-refractivity contribution in [3.63, 3.8) is 0 Å². The summed E-state index contributed by atoms with van der Waals surface area (Å²) in [7, 11) is 0. The summed E-state index contributed by atoms with van der Waals surface area (Å²) in [5.74, 6) is 2.60. The Kier molecular flexibility index (Phi) is 8.75. The monoisotopic (exact) mass is 570 g/mol. The van der Waals surface area contributed by atoms with Crippen molar-refractivity contribution in [3.05, 3.63) is 40.7 Å². The van der Waals surface area contributed by atoms with E-state index in [2.05, 4.69) is 26.2 Å². The minimum Gasteiger partial charge on any atom is -0.383 e. The fourth-order valence-electron chi connectivity index (χ4n) is 3.67. The fraction of sp³-hybridized carbons (Fsp3) is 0.409. The van der Waals surface area contributed by atoms with E-state index in [0.717, 1.165) is 19.4 Å². The molecule has 1 atom stereocenters. The number of nitrogens with one attached hydrogen (secondary N) is 2. The lowest BCUT2D eigenvalue weighted by Crippen LogP contribution is -2.42. The molecule has 0 spiro atoms. The topological polar surface area (TPSA) is 99.4 Å². The Morgan fingerprint density at radius 3 is 3.12 bits per heavy atom. The molecule has 1 amide bonds. The lowest BCUT2D eigenvalue weighted by Gasteiger charge is -2.33. The van der Waals surface area contributed by atoms with Gasteiger partial charge in [-0.25, -0.2) is 14.4 Å². The van der Waals surface area contributed by atoms with Crippen LogP contribution in [0.1, 0.15) is 31.2 Å². The Morgan fingerprint density at radius 2 is 2.38 bits per heavy atom. The van der Waals surface area contributed by atoms with E-state index in [-0.39, 0.29) is 27.9 Å². The number of hydrogen-bond acceptors (Lipinski definition) is 4. The van der Waals surface area contributed by atoms with Crippen LogP contribution in [0.2, 0.25) is 5.02 Å². The number of carbonyl (C=O) groups is 1. The van der Waals surface area contributed by atoms with Gasteiger partial charge in [0.25, 0.3) is 0 Å². The molecule has 1 saturated heterocycles. The van der Waals surface area contributed by atoms with Crippen LogP contribution in [0.15, 0.2) is 35.1 Å². The maximum atomic E-state index is 14.6. The molecule has 10 heteroatoms. The molecule has 32 heavy (non-hydrogen) atoms. The lowest BCUT2D eigenvalue weighted by atomic mass is 9.97. The minimum atomic E-state index is -0.401. The Labute approximate surface area is 205 Å². The third-order valence-electron chi connectivity index (χ3n) is 5.29. The number of amidine groups is 1. The van der Waals surface area contributed by atoms with Crippen molar-refractivity contribution in [2.75, 3.05) is 24.1 Å². The van der Waals surface area contributed by atoms with E-state index in [1.54, 1.807) is 12.3 Å². The van der Waals surface area contributed by atoms with Crippen molar-refractivity contribution < 1.29 is 9.18 Å². The van der Waals surface area contributed by atoms with Crippen LogP contribution in [0.3, 0.4) is 0 Å². The smallest absolute Gasteiger partial charge is 0.223 e. The molecule has 2 aromatic heterocycles. The summed E-state index contributed by atoms with van der Waals surface area (Å²) in [4.78, 5) is 25.7. The van der Waals surface area contributed by atoms with Gasteiger partial charge < -0.3 is 20.9 Å². The number of carbonyl (C=O) groups excluding carboxylic acids is 1. The molecule has 0 saturated carbocycles. The number of amides is 1. The first-order chi connectivity index (χ1) is 15.4. The number of aliphatic imine (C=N–C) groups is 1. The van der Waals surface area contributed by atoms with E-state index in [1.807, 2.05) is 27.5 Å². The van der Waals surface area contributed by atoms with Gasteiger partial charge in [-0.3, -0.25) is 4.79 Å². The minimum absolute atomic E-state index is 0.0655. The Morgan fingerprint density at radius 1 is 1.56 bits per heavy atom. The van der Waals surface area contributed by atoms with Gasteiger partial charge in [-0.15, -0.1) is 12.3 Å². The van der Waals surface area contributed by atoms with Crippen molar-refractivity contribution in [1.29, 1.82) is 0 Å². The van der Waals surface area contributed by atoms with Gasteiger partial charge in [0.05, 0.1) is 9.45 Å². The van der Waals surface area contributed by atoms with E-state index in [0.29, 0.717) is 47.6 Å². The second kappa shape index (κ2) is 11.5. The van der Waals surface area contributed by atoms with Gasteiger partial charge in [-0.05, 0) is 24.8 Å². The number of allylic oxidation sites excluding steroid dienone is 1. The number of alkyl halides is 1. The van der Waals surface area contributed by atoms with Crippen LogP contribution in [0.25, 0.3) is 11.0 Å². The summed E-state index contributed by atoms with van der Waals surface area (Å²) in [5.41, 5.74) is 7.43. The molecule has 0 unspecified atom stereocenters. The molecular formula is C22H25ClFIN6O. The van der Waals surface area contributed by atoms with Gasteiger partial charge in [-0.2, -0.15) is 0 Å². The highest BCUT2D eigenvalue weighted by Crippen LogP contribution is 2.22. The third-order valence-corrected chi connectivity index (χ3v) is 6.17. The zero-order valence-corrected chi connectivity index (χ0v) is 20.4. The Bertz CT molecular complexity index is 1080. The first kappa shape index (κ1) is 24.3. The highest BCUT2D eigenvalue weighted by atomic mass is 127. The number of aromatic nitrogens is 2. The summed E-state index contributed by atoms with van der Waals surface area (Å²) < 4.78 is 14.7.